The number of rotatable bonds is 6. The first-order chi connectivity index (χ1) is 16.5. The zero-order chi connectivity index (χ0) is 23.7. The maximum atomic E-state index is 13.5. The summed E-state index contributed by atoms with van der Waals surface area (Å²) >= 11 is 0. The van der Waals surface area contributed by atoms with Gasteiger partial charge in [0.1, 0.15) is 12.4 Å². The largest absolute Gasteiger partial charge is 0.471 e. The number of benzene rings is 2. The van der Waals surface area contributed by atoms with Gasteiger partial charge in [0.2, 0.25) is 5.88 Å². The number of hydrogen-bond donors (Lipinski definition) is 1. The predicted molar refractivity (Wildman–Crippen MR) is 129 cm³/mol. The Kier molecular flexibility index (Phi) is 5.77. The summed E-state index contributed by atoms with van der Waals surface area (Å²) in [6, 6.07) is 18.3. The minimum atomic E-state index is -0.264. The Bertz CT molecular complexity index is 1480. The smallest absolute Gasteiger partial charge is 0.241 e. The summed E-state index contributed by atoms with van der Waals surface area (Å²) in [6.45, 7) is 2.21. The molecule has 0 fully saturated rings. The summed E-state index contributed by atoms with van der Waals surface area (Å²) < 4.78 is 21.3. The second-order valence-corrected chi connectivity index (χ2v) is 8.19. The number of aliphatic hydroxyl groups excluding tert-OH is 1. The number of halogens is 1. The first kappa shape index (κ1) is 21.7. The van der Waals surface area contributed by atoms with Gasteiger partial charge in [-0.25, -0.2) is 9.37 Å². The molecule has 3 heterocycles. The van der Waals surface area contributed by atoms with E-state index in [0.29, 0.717) is 18.2 Å². The molecule has 0 radical (unpaired) electrons. The third kappa shape index (κ3) is 4.38. The molecule has 0 aliphatic rings. The molecule has 0 aliphatic heterocycles. The van der Waals surface area contributed by atoms with Crippen molar-refractivity contribution in [1.29, 1.82) is 0 Å². The highest BCUT2D eigenvalue weighted by atomic mass is 19.1. The molecule has 3 aromatic heterocycles. The molecule has 0 saturated carbocycles. The quantitative estimate of drug-likeness (QED) is 0.381. The molecule has 5 aromatic rings. The average Bonchev–Trinajstić information content (AvgIpc) is 3.23. The summed E-state index contributed by atoms with van der Waals surface area (Å²) in [5, 5.41) is 14.6. The molecule has 170 valence electrons. The van der Waals surface area contributed by atoms with E-state index in [2.05, 4.69) is 10.1 Å². The van der Waals surface area contributed by atoms with E-state index in [9.17, 15) is 9.50 Å². The number of fused-ring (bicyclic) bond motifs is 1. The molecule has 5 rings (SSSR count). The zero-order valence-electron chi connectivity index (χ0n) is 18.9. The molecular formula is C27H23FN4O2. The highest BCUT2D eigenvalue weighted by Gasteiger charge is 2.13. The van der Waals surface area contributed by atoms with Crippen LogP contribution in [0.2, 0.25) is 0 Å². The highest BCUT2D eigenvalue weighted by Crippen LogP contribution is 2.30. The molecule has 0 saturated heterocycles. The van der Waals surface area contributed by atoms with Crippen molar-refractivity contribution in [3.63, 3.8) is 0 Å². The lowest BCUT2D eigenvalue weighted by Gasteiger charge is -2.10. The van der Waals surface area contributed by atoms with E-state index in [1.165, 1.54) is 12.1 Å². The van der Waals surface area contributed by atoms with Gasteiger partial charge in [-0.15, -0.1) is 5.10 Å². The predicted octanol–water partition coefficient (Wildman–Crippen LogP) is 5.22. The Morgan fingerprint density at radius 1 is 1.00 bits per heavy atom. The summed E-state index contributed by atoms with van der Waals surface area (Å²) in [4.78, 5) is 8.87. The summed E-state index contributed by atoms with van der Waals surface area (Å²) in [7, 11) is 1.84. The minimum Gasteiger partial charge on any atom is -0.471 e. The van der Waals surface area contributed by atoms with E-state index in [4.69, 9.17) is 9.72 Å². The Hall–Kier alpha value is -4.10. The molecular weight excluding hydrogens is 431 g/mol. The van der Waals surface area contributed by atoms with Gasteiger partial charge in [-0.2, -0.15) is 0 Å². The number of ether oxygens (including phenoxy) is 1. The number of aliphatic hydroxyl groups is 1. The van der Waals surface area contributed by atoms with Crippen LogP contribution in [-0.4, -0.2) is 24.9 Å². The summed E-state index contributed by atoms with van der Waals surface area (Å²) in [5.41, 5.74) is 6.91. The maximum Gasteiger partial charge on any atom is 0.241 e. The molecule has 0 amide bonds. The van der Waals surface area contributed by atoms with Crippen molar-refractivity contribution in [3.8, 4) is 28.3 Å². The van der Waals surface area contributed by atoms with Crippen molar-refractivity contribution in [1.82, 2.24) is 19.7 Å². The molecule has 6 nitrogen and oxygen atoms in total. The van der Waals surface area contributed by atoms with E-state index in [1.54, 1.807) is 16.9 Å². The molecule has 1 N–H and O–H groups in total. The second-order valence-electron chi connectivity index (χ2n) is 8.19. The Labute approximate surface area is 196 Å². The normalized spacial score (nSPS) is 11.2. The molecule has 2 aromatic carbocycles. The third-order valence-electron chi connectivity index (χ3n) is 5.65. The van der Waals surface area contributed by atoms with Crippen molar-refractivity contribution in [2.45, 2.75) is 20.1 Å². The average molecular weight is 455 g/mol. The van der Waals surface area contributed by atoms with Crippen molar-refractivity contribution >= 4 is 10.9 Å². The number of nitrogens with zero attached hydrogens (tertiary/aromatic N) is 4. The lowest BCUT2D eigenvalue weighted by atomic mass is 10.0. The molecule has 7 heteroatoms. The first-order valence-electron chi connectivity index (χ1n) is 10.9. The van der Waals surface area contributed by atoms with Gasteiger partial charge in [0, 0.05) is 30.4 Å². The van der Waals surface area contributed by atoms with E-state index in [0.717, 1.165) is 44.4 Å². The van der Waals surface area contributed by atoms with Gasteiger partial charge in [-0.05, 0) is 60.0 Å². The summed E-state index contributed by atoms with van der Waals surface area (Å²) in [5.74, 6) is 0.251. The monoisotopic (exact) mass is 454 g/mol. The van der Waals surface area contributed by atoms with Gasteiger partial charge in [-0.3, -0.25) is 9.67 Å². The Morgan fingerprint density at radius 2 is 1.82 bits per heavy atom. The van der Waals surface area contributed by atoms with Crippen LogP contribution in [0.15, 0.2) is 73.1 Å². The molecule has 0 atom stereocenters. The topological polar surface area (TPSA) is 73.1 Å². The van der Waals surface area contributed by atoms with Gasteiger partial charge in [0.15, 0.2) is 0 Å². The Morgan fingerprint density at radius 3 is 2.62 bits per heavy atom. The molecule has 0 aliphatic carbocycles. The van der Waals surface area contributed by atoms with Crippen LogP contribution in [-0.2, 0) is 20.3 Å². The number of pyridine rings is 2. The van der Waals surface area contributed by atoms with Crippen LogP contribution in [0.25, 0.3) is 33.3 Å². The van der Waals surface area contributed by atoms with Crippen LogP contribution in [0.3, 0.4) is 0 Å². The van der Waals surface area contributed by atoms with Gasteiger partial charge in [0.05, 0.1) is 29.1 Å². The number of aryl methyl sites for hydroxylation is 2. The fourth-order valence-electron chi connectivity index (χ4n) is 3.96. The molecule has 0 spiro atoms. The van der Waals surface area contributed by atoms with E-state index in [1.807, 2.05) is 62.6 Å². The van der Waals surface area contributed by atoms with Crippen molar-refractivity contribution < 1.29 is 14.2 Å². The third-order valence-corrected chi connectivity index (χ3v) is 5.65. The SMILES string of the molecule is Cc1cc2cc(F)ccc2nc1-c1ccc(COc2nn(C)cc2-c2ccnc(CO)c2)cc1. The van der Waals surface area contributed by atoms with Crippen molar-refractivity contribution in [2.24, 2.45) is 7.05 Å². The minimum absolute atomic E-state index is 0.126. The van der Waals surface area contributed by atoms with Crippen LogP contribution < -0.4 is 4.74 Å². The van der Waals surface area contributed by atoms with Crippen molar-refractivity contribution in [3.05, 3.63) is 95.7 Å². The van der Waals surface area contributed by atoms with Crippen LogP contribution in [0, 0.1) is 12.7 Å². The molecule has 0 unspecified atom stereocenters. The van der Waals surface area contributed by atoms with Gasteiger partial charge in [-0.1, -0.05) is 24.3 Å². The van der Waals surface area contributed by atoms with E-state index in [-0.39, 0.29) is 12.4 Å². The Balaban J connectivity index is 1.36. The number of hydrogen-bond acceptors (Lipinski definition) is 5. The molecule has 0 bridgehead atoms. The maximum absolute atomic E-state index is 13.5. The van der Waals surface area contributed by atoms with Crippen LogP contribution in [0.1, 0.15) is 16.8 Å². The molecule has 34 heavy (non-hydrogen) atoms. The van der Waals surface area contributed by atoms with E-state index < -0.39 is 0 Å². The van der Waals surface area contributed by atoms with Crippen LogP contribution in [0.5, 0.6) is 5.88 Å². The highest BCUT2D eigenvalue weighted by molar-refractivity contribution is 5.83. The fraction of sp³-hybridized carbons (Fsp3) is 0.148. The standard InChI is InChI=1S/C27H23FN4O2/c1-17-11-21-12-22(28)7-8-25(21)30-26(17)19-5-3-18(4-6-19)16-34-27-24(14-32(2)31-27)20-9-10-29-23(13-20)15-33/h3-14,33H,15-16H2,1-2H3. The zero-order valence-corrected chi connectivity index (χ0v) is 18.9. The fourth-order valence-corrected chi connectivity index (χ4v) is 3.96. The first-order valence-corrected chi connectivity index (χ1v) is 10.9. The second kappa shape index (κ2) is 9.03. The van der Waals surface area contributed by atoms with Gasteiger partial charge in [0.25, 0.3) is 0 Å². The van der Waals surface area contributed by atoms with Gasteiger partial charge >= 0.3 is 0 Å². The van der Waals surface area contributed by atoms with Crippen molar-refractivity contribution in [2.75, 3.05) is 0 Å². The van der Waals surface area contributed by atoms with Crippen LogP contribution in [0.4, 0.5) is 4.39 Å². The summed E-state index contributed by atoms with van der Waals surface area (Å²) in [6.07, 6.45) is 3.55. The lowest BCUT2D eigenvalue weighted by molar-refractivity contribution is 0.277. The van der Waals surface area contributed by atoms with E-state index >= 15 is 0 Å². The number of aromatic nitrogens is 4. The lowest BCUT2D eigenvalue weighted by Crippen LogP contribution is -1.98. The van der Waals surface area contributed by atoms with Crippen LogP contribution >= 0.6 is 0 Å². The van der Waals surface area contributed by atoms with Gasteiger partial charge < -0.3 is 9.84 Å².